The first-order chi connectivity index (χ1) is 11.1. The Morgan fingerprint density at radius 2 is 2.00 bits per heavy atom. The highest BCUT2D eigenvalue weighted by Crippen LogP contribution is 2.01. The summed E-state index contributed by atoms with van der Waals surface area (Å²) in [6.07, 6.45) is 2.13. The van der Waals surface area contributed by atoms with Gasteiger partial charge in [0.2, 0.25) is 0 Å². The predicted octanol–water partition coefficient (Wildman–Crippen LogP) is 2.06. The zero-order chi connectivity index (χ0) is 16.5. The summed E-state index contributed by atoms with van der Waals surface area (Å²) in [6.45, 7) is 0.273. The van der Waals surface area contributed by atoms with Crippen molar-refractivity contribution in [3.63, 3.8) is 0 Å². The SMILES string of the molecule is O=C(NCC#Cc1cncc(C(=O)O)c1)OCc1ccccc1. The summed E-state index contributed by atoms with van der Waals surface area (Å²) in [5, 5.41) is 11.3. The van der Waals surface area contributed by atoms with Crippen LogP contribution in [0, 0.1) is 11.8 Å². The van der Waals surface area contributed by atoms with Crippen molar-refractivity contribution >= 4 is 12.1 Å². The molecule has 0 aliphatic heterocycles. The van der Waals surface area contributed by atoms with Crippen LogP contribution in [0.3, 0.4) is 0 Å². The number of aromatic nitrogens is 1. The summed E-state index contributed by atoms with van der Waals surface area (Å²) in [6, 6.07) is 10.7. The average molecular weight is 310 g/mol. The number of carbonyl (C=O) groups excluding carboxylic acids is 1. The molecule has 2 aromatic rings. The molecule has 0 saturated carbocycles. The van der Waals surface area contributed by atoms with Crippen LogP contribution in [0.25, 0.3) is 0 Å². The normalized spacial score (nSPS) is 9.39. The molecule has 1 aromatic heterocycles. The highest BCUT2D eigenvalue weighted by Gasteiger charge is 2.02. The Labute approximate surface area is 133 Å². The molecule has 1 amide bonds. The minimum atomic E-state index is -1.07. The second-order valence-corrected chi connectivity index (χ2v) is 4.48. The van der Waals surface area contributed by atoms with Crippen LogP contribution in [-0.2, 0) is 11.3 Å². The van der Waals surface area contributed by atoms with Crippen LogP contribution in [0.1, 0.15) is 21.5 Å². The second kappa shape index (κ2) is 8.20. The van der Waals surface area contributed by atoms with Gasteiger partial charge < -0.3 is 15.2 Å². The molecule has 23 heavy (non-hydrogen) atoms. The van der Waals surface area contributed by atoms with E-state index in [-0.39, 0.29) is 18.7 Å². The number of rotatable bonds is 4. The molecule has 0 unspecified atom stereocenters. The minimum Gasteiger partial charge on any atom is -0.478 e. The van der Waals surface area contributed by atoms with E-state index in [0.717, 1.165) is 5.56 Å². The van der Waals surface area contributed by atoms with Crippen LogP contribution in [0.15, 0.2) is 48.8 Å². The third kappa shape index (κ3) is 5.52. The van der Waals surface area contributed by atoms with Gasteiger partial charge in [-0.15, -0.1) is 0 Å². The van der Waals surface area contributed by atoms with Gasteiger partial charge in [0.15, 0.2) is 0 Å². The molecule has 0 aliphatic rings. The van der Waals surface area contributed by atoms with Crippen LogP contribution in [0.2, 0.25) is 0 Å². The van der Waals surface area contributed by atoms with Crippen molar-refractivity contribution < 1.29 is 19.4 Å². The second-order valence-electron chi connectivity index (χ2n) is 4.48. The topological polar surface area (TPSA) is 88.5 Å². The number of carbonyl (C=O) groups is 2. The number of hydrogen-bond acceptors (Lipinski definition) is 4. The van der Waals surface area contributed by atoms with Gasteiger partial charge in [-0.1, -0.05) is 42.2 Å². The van der Waals surface area contributed by atoms with Crippen LogP contribution >= 0.6 is 0 Å². The van der Waals surface area contributed by atoms with E-state index in [9.17, 15) is 9.59 Å². The molecule has 0 atom stereocenters. The Hall–Kier alpha value is -3.33. The van der Waals surface area contributed by atoms with E-state index < -0.39 is 12.1 Å². The lowest BCUT2D eigenvalue weighted by Gasteiger charge is -2.04. The molecule has 0 bridgehead atoms. The molecule has 2 rings (SSSR count). The zero-order valence-corrected chi connectivity index (χ0v) is 12.2. The zero-order valence-electron chi connectivity index (χ0n) is 12.2. The van der Waals surface area contributed by atoms with E-state index in [1.807, 2.05) is 30.3 Å². The highest BCUT2D eigenvalue weighted by atomic mass is 16.5. The molecule has 0 radical (unpaired) electrons. The first-order valence-electron chi connectivity index (χ1n) is 6.77. The number of ether oxygens (including phenoxy) is 1. The molecule has 1 aromatic carbocycles. The van der Waals surface area contributed by atoms with Crippen LogP contribution < -0.4 is 5.32 Å². The molecule has 0 saturated heterocycles. The molecular weight excluding hydrogens is 296 g/mol. The van der Waals surface area contributed by atoms with Gasteiger partial charge in [0.05, 0.1) is 12.1 Å². The van der Waals surface area contributed by atoms with Crippen LogP contribution in [-0.4, -0.2) is 28.7 Å². The lowest BCUT2D eigenvalue weighted by molar-refractivity contribution is 0.0696. The Bertz CT molecular complexity index is 748. The van der Waals surface area contributed by atoms with E-state index in [1.54, 1.807) is 0 Å². The Morgan fingerprint density at radius 1 is 1.22 bits per heavy atom. The minimum absolute atomic E-state index is 0.0621. The summed E-state index contributed by atoms with van der Waals surface area (Å²) >= 11 is 0. The summed E-state index contributed by atoms with van der Waals surface area (Å²) in [5.74, 6) is 4.36. The number of amides is 1. The third-order valence-corrected chi connectivity index (χ3v) is 2.75. The summed E-state index contributed by atoms with van der Waals surface area (Å²) in [7, 11) is 0. The van der Waals surface area contributed by atoms with Gasteiger partial charge in [0, 0.05) is 18.0 Å². The molecular formula is C17H14N2O4. The van der Waals surface area contributed by atoms with Gasteiger partial charge in [-0.2, -0.15) is 0 Å². The lowest BCUT2D eigenvalue weighted by atomic mass is 10.2. The smallest absolute Gasteiger partial charge is 0.408 e. The highest BCUT2D eigenvalue weighted by molar-refractivity contribution is 5.87. The van der Waals surface area contributed by atoms with Gasteiger partial charge >= 0.3 is 12.1 Å². The monoisotopic (exact) mass is 310 g/mol. The number of aromatic carboxylic acids is 1. The number of hydrogen-bond donors (Lipinski definition) is 2. The fraction of sp³-hybridized carbons (Fsp3) is 0.118. The van der Waals surface area contributed by atoms with Crippen LogP contribution in [0.4, 0.5) is 4.79 Å². The van der Waals surface area contributed by atoms with E-state index in [2.05, 4.69) is 22.1 Å². The summed E-state index contributed by atoms with van der Waals surface area (Å²) < 4.78 is 5.02. The lowest BCUT2D eigenvalue weighted by Crippen LogP contribution is -2.24. The van der Waals surface area contributed by atoms with Gasteiger partial charge in [-0.3, -0.25) is 4.98 Å². The quantitative estimate of drug-likeness (QED) is 0.844. The summed E-state index contributed by atoms with van der Waals surface area (Å²) in [5.41, 5.74) is 1.42. The Morgan fingerprint density at radius 3 is 2.74 bits per heavy atom. The van der Waals surface area contributed by atoms with Gasteiger partial charge in [0.1, 0.15) is 6.61 Å². The number of alkyl carbamates (subject to hydrolysis) is 1. The Balaban J connectivity index is 1.78. The van der Waals surface area contributed by atoms with Gasteiger partial charge in [0.25, 0.3) is 0 Å². The van der Waals surface area contributed by atoms with Crippen molar-refractivity contribution in [1.29, 1.82) is 0 Å². The Kier molecular flexibility index (Phi) is 5.72. The molecule has 6 nitrogen and oxygen atoms in total. The molecule has 0 spiro atoms. The number of carboxylic acid groups (broad SMARTS) is 1. The first kappa shape index (κ1) is 16.0. The largest absolute Gasteiger partial charge is 0.478 e. The fourth-order valence-electron chi connectivity index (χ4n) is 1.66. The fourth-order valence-corrected chi connectivity index (χ4v) is 1.66. The molecule has 0 fully saturated rings. The maximum atomic E-state index is 11.5. The molecule has 116 valence electrons. The molecule has 2 N–H and O–H groups in total. The standard InChI is InChI=1S/C17H14N2O4/c20-16(21)15-9-14(10-18-11-15)7-4-8-19-17(22)23-12-13-5-2-1-3-6-13/h1-3,5-6,9-11H,8,12H2,(H,19,22)(H,20,21). The van der Waals surface area contributed by atoms with Crippen molar-refractivity contribution in [2.75, 3.05) is 6.54 Å². The number of nitrogens with zero attached hydrogens (tertiary/aromatic N) is 1. The van der Waals surface area contributed by atoms with Gasteiger partial charge in [-0.05, 0) is 11.6 Å². The number of carboxylic acids is 1. The van der Waals surface area contributed by atoms with Crippen molar-refractivity contribution in [1.82, 2.24) is 10.3 Å². The molecule has 6 heteroatoms. The van der Waals surface area contributed by atoms with Gasteiger partial charge in [-0.25, -0.2) is 9.59 Å². The maximum Gasteiger partial charge on any atom is 0.408 e. The van der Waals surface area contributed by atoms with E-state index in [0.29, 0.717) is 5.56 Å². The molecule has 1 heterocycles. The van der Waals surface area contributed by atoms with Crippen molar-refractivity contribution in [2.24, 2.45) is 0 Å². The van der Waals surface area contributed by atoms with Crippen molar-refractivity contribution in [3.8, 4) is 11.8 Å². The number of benzene rings is 1. The predicted molar refractivity (Wildman–Crippen MR) is 82.7 cm³/mol. The maximum absolute atomic E-state index is 11.5. The molecule has 0 aliphatic carbocycles. The number of pyridine rings is 1. The van der Waals surface area contributed by atoms with Crippen molar-refractivity contribution in [3.05, 3.63) is 65.5 Å². The third-order valence-electron chi connectivity index (χ3n) is 2.75. The van der Waals surface area contributed by atoms with Crippen molar-refractivity contribution in [2.45, 2.75) is 6.61 Å². The number of nitrogens with one attached hydrogen (secondary N) is 1. The van der Waals surface area contributed by atoms with E-state index >= 15 is 0 Å². The van der Waals surface area contributed by atoms with E-state index in [1.165, 1.54) is 18.5 Å². The van der Waals surface area contributed by atoms with Crippen LogP contribution in [0.5, 0.6) is 0 Å². The summed E-state index contributed by atoms with van der Waals surface area (Å²) in [4.78, 5) is 26.1. The average Bonchev–Trinajstić information content (AvgIpc) is 2.58. The van der Waals surface area contributed by atoms with E-state index in [4.69, 9.17) is 9.84 Å². The first-order valence-corrected chi connectivity index (χ1v) is 6.77.